The summed E-state index contributed by atoms with van der Waals surface area (Å²) >= 11 is 0. The normalized spacial score (nSPS) is 16.4. The molecule has 4 heteroatoms. The summed E-state index contributed by atoms with van der Waals surface area (Å²) in [7, 11) is 3.48. The largest absolute Gasteiger partial charge is 0.495 e. The Kier molecular flexibility index (Phi) is 4.51. The maximum atomic E-state index is 14.0. The van der Waals surface area contributed by atoms with Gasteiger partial charge in [-0.3, -0.25) is 0 Å². The molecule has 106 valence electrons. The summed E-state index contributed by atoms with van der Waals surface area (Å²) in [4.78, 5) is 1.98. The molecule has 0 atom stereocenters. The van der Waals surface area contributed by atoms with E-state index in [1.807, 2.05) is 11.9 Å². The molecule has 0 spiro atoms. The fourth-order valence-electron chi connectivity index (χ4n) is 2.88. The van der Waals surface area contributed by atoms with Crippen molar-refractivity contribution >= 4 is 11.4 Å². The Bertz CT molecular complexity index is 430. The monoisotopic (exact) mass is 266 g/mol. The molecule has 0 aliphatic heterocycles. The maximum absolute atomic E-state index is 14.0. The van der Waals surface area contributed by atoms with E-state index in [4.69, 9.17) is 10.5 Å². The molecule has 0 saturated heterocycles. The number of halogens is 1. The fourth-order valence-corrected chi connectivity index (χ4v) is 2.88. The lowest BCUT2D eigenvalue weighted by atomic mass is 9.89. The van der Waals surface area contributed by atoms with Crippen molar-refractivity contribution in [1.82, 2.24) is 0 Å². The molecule has 0 bridgehead atoms. The zero-order valence-electron chi connectivity index (χ0n) is 11.8. The van der Waals surface area contributed by atoms with Gasteiger partial charge >= 0.3 is 0 Å². The molecule has 0 heterocycles. The zero-order chi connectivity index (χ0) is 13.8. The van der Waals surface area contributed by atoms with Crippen molar-refractivity contribution in [2.75, 3.05) is 31.3 Å². The molecule has 0 aromatic heterocycles. The Morgan fingerprint density at radius 3 is 2.63 bits per heavy atom. The first kappa shape index (κ1) is 14.0. The molecule has 1 saturated carbocycles. The summed E-state index contributed by atoms with van der Waals surface area (Å²) < 4.78 is 19.2. The highest BCUT2D eigenvalue weighted by Crippen LogP contribution is 2.32. The molecule has 2 rings (SSSR count). The van der Waals surface area contributed by atoms with Crippen LogP contribution in [0, 0.1) is 11.7 Å². The summed E-state index contributed by atoms with van der Waals surface area (Å²) in [6.45, 7) is 0.893. The molecular formula is C15H23FN2O. The van der Waals surface area contributed by atoms with E-state index in [1.165, 1.54) is 38.2 Å². The molecule has 2 N–H and O–H groups in total. The highest BCUT2D eigenvalue weighted by Gasteiger charge is 2.18. The topological polar surface area (TPSA) is 38.5 Å². The van der Waals surface area contributed by atoms with Crippen LogP contribution in [0.1, 0.15) is 32.1 Å². The molecule has 0 radical (unpaired) electrons. The minimum absolute atomic E-state index is 0.281. The summed E-state index contributed by atoms with van der Waals surface area (Å²) in [6.07, 6.45) is 6.43. The lowest BCUT2D eigenvalue weighted by Gasteiger charge is -2.29. The number of rotatable bonds is 4. The molecule has 1 aromatic rings. The van der Waals surface area contributed by atoms with E-state index in [9.17, 15) is 4.39 Å². The van der Waals surface area contributed by atoms with Crippen LogP contribution >= 0.6 is 0 Å². The van der Waals surface area contributed by atoms with Crippen molar-refractivity contribution in [3.05, 3.63) is 17.9 Å². The van der Waals surface area contributed by atoms with Crippen LogP contribution in [0.5, 0.6) is 5.75 Å². The van der Waals surface area contributed by atoms with Gasteiger partial charge in [0.25, 0.3) is 0 Å². The minimum atomic E-state index is -0.281. The molecule has 1 fully saturated rings. The number of methoxy groups -OCH3 is 1. The van der Waals surface area contributed by atoms with E-state index in [2.05, 4.69) is 0 Å². The highest BCUT2D eigenvalue weighted by atomic mass is 19.1. The standard InChI is InChI=1S/C15H23FN2O/c1-18(10-11-6-4-3-5-7-11)14-9-15(19-2)13(17)8-12(14)16/h8-9,11H,3-7,10,17H2,1-2H3. The average Bonchev–Trinajstić information content (AvgIpc) is 2.40. The van der Waals surface area contributed by atoms with Crippen LogP contribution in [0.2, 0.25) is 0 Å². The molecular weight excluding hydrogens is 243 g/mol. The van der Waals surface area contributed by atoms with Crippen molar-refractivity contribution in [3.63, 3.8) is 0 Å². The Morgan fingerprint density at radius 2 is 2.00 bits per heavy atom. The Labute approximate surface area is 114 Å². The predicted molar refractivity (Wildman–Crippen MR) is 77.2 cm³/mol. The van der Waals surface area contributed by atoms with E-state index in [1.54, 1.807) is 13.2 Å². The second kappa shape index (κ2) is 6.13. The number of anilines is 2. The third-order valence-electron chi connectivity index (χ3n) is 3.97. The van der Waals surface area contributed by atoms with Gasteiger partial charge in [-0.25, -0.2) is 4.39 Å². The van der Waals surface area contributed by atoms with E-state index in [0.29, 0.717) is 23.0 Å². The average molecular weight is 266 g/mol. The van der Waals surface area contributed by atoms with Crippen molar-refractivity contribution in [2.45, 2.75) is 32.1 Å². The van der Waals surface area contributed by atoms with Gasteiger partial charge in [0.15, 0.2) is 0 Å². The van der Waals surface area contributed by atoms with Crippen LogP contribution in [0.25, 0.3) is 0 Å². The van der Waals surface area contributed by atoms with E-state index >= 15 is 0 Å². The molecule has 0 amide bonds. The number of nitrogen functional groups attached to an aromatic ring is 1. The minimum Gasteiger partial charge on any atom is -0.495 e. The number of hydrogen-bond donors (Lipinski definition) is 1. The maximum Gasteiger partial charge on any atom is 0.148 e. The summed E-state index contributed by atoms with van der Waals surface area (Å²) in [5, 5.41) is 0. The summed E-state index contributed by atoms with van der Waals surface area (Å²) in [6, 6.07) is 3.03. The van der Waals surface area contributed by atoms with Crippen molar-refractivity contribution in [3.8, 4) is 5.75 Å². The van der Waals surface area contributed by atoms with Gasteiger partial charge < -0.3 is 15.4 Å². The predicted octanol–water partition coefficient (Wildman–Crippen LogP) is 3.43. The Morgan fingerprint density at radius 1 is 1.32 bits per heavy atom. The van der Waals surface area contributed by atoms with Crippen molar-refractivity contribution < 1.29 is 9.13 Å². The van der Waals surface area contributed by atoms with Gasteiger partial charge in [-0.2, -0.15) is 0 Å². The van der Waals surface area contributed by atoms with Crippen LogP contribution in [0.4, 0.5) is 15.8 Å². The van der Waals surface area contributed by atoms with Crippen LogP contribution < -0.4 is 15.4 Å². The third kappa shape index (κ3) is 3.31. The fraction of sp³-hybridized carbons (Fsp3) is 0.600. The van der Waals surface area contributed by atoms with Gasteiger partial charge in [-0.1, -0.05) is 19.3 Å². The van der Waals surface area contributed by atoms with E-state index in [-0.39, 0.29) is 5.82 Å². The van der Waals surface area contributed by atoms with Crippen molar-refractivity contribution in [1.29, 1.82) is 0 Å². The highest BCUT2D eigenvalue weighted by molar-refractivity contribution is 5.63. The Balaban J connectivity index is 2.11. The van der Waals surface area contributed by atoms with Crippen LogP contribution in [-0.4, -0.2) is 20.7 Å². The van der Waals surface area contributed by atoms with Crippen LogP contribution in [0.15, 0.2) is 12.1 Å². The second-order valence-corrected chi connectivity index (χ2v) is 5.43. The summed E-state index contributed by atoms with van der Waals surface area (Å²) in [5.74, 6) is 0.921. The lowest BCUT2D eigenvalue weighted by molar-refractivity contribution is 0.361. The number of benzene rings is 1. The first-order valence-electron chi connectivity index (χ1n) is 6.96. The molecule has 0 unspecified atom stereocenters. The molecule has 1 aromatic carbocycles. The Hall–Kier alpha value is -1.45. The van der Waals surface area contributed by atoms with Crippen molar-refractivity contribution in [2.24, 2.45) is 5.92 Å². The van der Waals surface area contributed by atoms with Gasteiger partial charge in [-0.05, 0) is 18.8 Å². The van der Waals surface area contributed by atoms with Gasteiger partial charge in [-0.15, -0.1) is 0 Å². The van der Waals surface area contributed by atoms with E-state index < -0.39 is 0 Å². The van der Waals surface area contributed by atoms with E-state index in [0.717, 1.165) is 6.54 Å². The first-order valence-corrected chi connectivity index (χ1v) is 6.96. The SMILES string of the molecule is COc1cc(N(C)CC2CCCCC2)c(F)cc1N. The number of nitrogens with two attached hydrogens (primary N) is 1. The summed E-state index contributed by atoms with van der Waals surface area (Å²) in [5.41, 5.74) is 6.61. The lowest BCUT2D eigenvalue weighted by Crippen LogP contribution is -2.27. The van der Waals surface area contributed by atoms with Gasteiger partial charge in [0.2, 0.25) is 0 Å². The smallest absolute Gasteiger partial charge is 0.148 e. The number of ether oxygens (including phenoxy) is 1. The number of nitrogens with zero attached hydrogens (tertiary/aromatic N) is 1. The van der Waals surface area contributed by atoms with Gasteiger partial charge in [0.1, 0.15) is 11.6 Å². The van der Waals surface area contributed by atoms with Crippen LogP contribution in [-0.2, 0) is 0 Å². The molecule has 19 heavy (non-hydrogen) atoms. The first-order chi connectivity index (χ1) is 9.11. The molecule has 1 aliphatic carbocycles. The molecule has 3 nitrogen and oxygen atoms in total. The van der Waals surface area contributed by atoms with Crippen LogP contribution in [0.3, 0.4) is 0 Å². The molecule has 1 aliphatic rings. The second-order valence-electron chi connectivity index (χ2n) is 5.43. The van der Waals surface area contributed by atoms with Gasteiger partial charge in [0, 0.05) is 25.7 Å². The number of hydrogen-bond acceptors (Lipinski definition) is 3. The quantitative estimate of drug-likeness (QED) is 0.848. The van der Waals surface area contributed by atoms with Gasteiger partial charge in [0.05, 0.1) is 18.5 Å². The zero-order valence-corrected chi connectivity index (χ0v) is 11.8. The third-order valence-corrected chi connectivity index (χ3v) is 3.97.